The number of anilines is 1. The van der Waals surface area contributed by atoms with Crippen LogP contribution in [-0.2, 0) is 11.2 Å². The number of amides is 1. The number of nitriles is 1. The molecular formula is C25H21N3O3. The highest BCUT2D eigenvalue weighted by atomic mass is 16.6. The molecule has 31 heavy (non-hydrogen) atoms. The number of nitrogens with zero attached hydrogens (tertiary/aromatic N) is 2. The van der Waals surface area contributed by atoms with Crippen LogP contribution in [0.5, 0.6) is 0 Å². The minimum atomic E-state index is -0.621. The number of nitrogens with one attached hydrogen (secondary N) is 1. The monoisotopic (exact) mass is 411 g/mol. The molecule has 6 nitrogen and oxygen atoms in total. The van der Waals surface area contributed by atoms with Crippen molar-refractivity contribution in [1.82, 2.24) is 0 Å². The largest absolute Gasteiger partial charge is 0.321 e. The zero-order valence-corrected chi connectivity index (χ0v) is 17.3. The molecule has 3 rings (SSSR count). The number of hydrogen-bond donors (Lipinski definition) is 1. The zero-order chi connectivity index (χ0) is 22.4. The Morgan fingerprint density at radius 2 is 1.77 bits per heavy atom. The highest BCUT2D eigenvalue weighted by Gasteiger charge is 2.13. The standard InChI is InChI=1S/C25H21N3O3/c1-17-10-18(2)12-19(11-17)13-20-6-3-4-7-21(20)14-22(16-26)25(29)27-23-8-5-9-24(15-23)28(30)31/h3-12,14-15H,13H2,1-2H3,(H,27,29)/b22-14+. The van der Waals surface area contributed by atoms with E-state index in [1.165, 1.54) is 35.4 Å². The third kappa shape index (κ3) is 5.64. The number of hydrogen-bond acceptors (Lipinski definition) is 4. The van der Waals surface area contributed by atoms with Crippen molar-refractivity contribution in [1.29, 1.82) is 5.26 Å². The van der Waals surface area contributed by atoms with Crippen molar-refractivity contribution < 1.29 is 9.72 Å². The van der Waals surface area contributed by atoms with Gasteiger partial charge in [-0.1, -0.05) is 59.7 Å². The van der Waals surface area contributed by atoms with Crippen molar-refractivity contribution in [3.63, 3.8) is 0 Å². The molecule has 0 aliphatic heterocycles. The van der Waals surface area contributed by atoms with Crippen molar-refractivity contribution in [3.8, 4) is 6.07 Å². The summed E-state index contributed by atoms with van der Waals surface area (Å²) in [6, 6.07) is 21.5. The van der Waals surface area contributed by atoms with E-state index in [1.807, 2.05) is 44.2 Å². The summed E-state index contributed by atoms with van der Waals surface area (Å²) in [4.78, 5) is 23.0. The fourth-order valence-electron chi connectivity index (χ4n) is 3.43. The molecule has 0 aromatic heterocycles. The molecule has 1 amide bonds. The Morgan fingerprint density at radius 3 is 2.45 bits per heavy atom. The fraction of sp³-hybridized carbons (Fsp3) is 0.120. The van der Waals surface area contributed by atoms with Crippen LogP contribution in [-0.4, -0.2) is 10.8 Å². The van der Waals surface area contributed by atoms with E-state index in [4.69, 9.17) is 0 Å². The molecule has 0 aliphatic carbocycles. The van der Waals surface area contributed by atoms with Crippen LogP contribution in [0.25, 0.3) is 6.08 Å². The van der Waals surface area contributed by atoms with Crippen molar-refractivity contribution >= 4 is 23.4 Å². The average Bonchev–Trinajstić information content (AvgIpc) is 2.72. The third-order valence-corrected chi connectivity index (χ3v) is 4.71. The molecule has 0 unspecified atom stereocenters. The summed E-state index contributed by atoms with van der Waals surface area (Å²) in [7, 11) is 0. The molecule has 0 fully saturated rings. The van der Waals surface area contributed by atoms with Crippen molar-refractivity contribution in [3.05, 3.63) is 110 Å². The maximum atomic E-state index is 12.6. The van der Waals surface area contributed by atoms with E-state index in [2.05, 4.69) is 23.5 Å². The predicted molar refractivity (Wildman–Crippen MR) is 120 cm³/mol. The van der Waals surface area contributed by atoms with Crippen molar-refractivity contribution in [2.45, 2.75) is 20.3 Å². The lowest BCUT2D eigenvalue weighted by Crippen LogP contribution is -2.13. The number of carbonyl (C=O) groups is 1. The minimum Gasteiger partial charge on any atom is -0.321 e. The predicted octanol–water partition coefficient (Wildman–Crippen LogP) is 5.35. The zero-order valence-electron chi connectivity index (χ0n) is 17.3. The van der Waals surface area contributed by atoms with Gasteiger partial charge in [0.15, 0.2) is 0 Å². The molecule has 0 bridgehead atoms. The highest BCUT2D eigenvalue weighted by molar-refractivity contribution is 6.09. The van der Waals surface area contributed by atoms with Crippen molar-refractivity contribution in [2.24, 2.45) is 0 Å². The van der Waals surface area contributed by atoms with E-state index in [1.54, 1.807) is 6.08 Å². The van der Waals surface area contributed by atoms with Crippen LogP contribution >= 0.6 is 0 Å². The normalized spacial score (nSPS) is 10.9. The molecule has 6 heteroatoms. The maximum Gasteiger partial charge on any atom is 0.271 e. The molecule has 154 valence electrons. The summed E-state index contributed by atoms with van der Waals surface area (Å²) in [5.41, 5.74) is 5.30. The molecule has 0 atom stereocenters. The quantitative estimate of drug-likeness (QED) is 0.256. The number of rotatable bonds is 6. The number of nitro groups is 1. The van der Waals surface area contributed by atoms with Gasteiger partial charge >= 0.3 is 0 Å². The van der Waals surface area contributed by atoms with E-state index >= 15 is 0 Å². The smallest absolute Gasteiger partial charge is 0.271 e. The van der Waals surface area contributed by atoms with Crippen LogP contribution in [0.3, 0.4) is 0 Å². The van der Waals surface area contributed by atoms with Gasteiger partial charge in [-0.05, 0) is 49.1 Å². The van der Waals surface area contributed by atoms with Gasteiger partial charge in [0.05, 0.1) is 4.92 Å². The number of non-ortho nitro benzene ring substituents is 1. The van der Waals surface area contributed by atoms with Gasteiger partial charge < -0.3 is 5.32 Å². The number of benzene rings is 3. The molecule has 0 saturated heterocycles. The number of nitro benzene ring substituents is 1. The fourth-order valence-corrected chi connectivity index (χ4v) is 3.43. The lowest BCUT2D eigenvalue weighted by atomic mass is 9.96. The average molecular weight is 411 g/mol. The summed E-state index contributed by atoms with van der Waals surface area (Å²) in [5, 5.41) is 23.0. The van der Waals surface area contributed by atoms with Gasteiger partial charge in [0, 0.05) is 17.8 Å². The van der Waals surface area contributed by atoms with Gasteiger partial charge in [0.1, 0.15) is 11.6 Å². The first kappa shape index (κ1) is 21.5. The van der Waals surface area contributed by atoms with E-state index in [-0.39, 0.29) is 16.9 Å². The number of carbonyl (C=O) groups excluding carboxylic acids is 1. The van der Waals surface area contributed by atoms with Crippen LogP contribution in [0.15, 0.2) is 72.3 Å². The SMILES string of the molecule is Cc1cc(C)cc(Cc2ccccc2/C=C(\C#N)C(=O)Nc2cccc([N+](=O)[O-])c2)c1. The summed E-state index contributed by atoms with van der Waals surface area (Å²) >= 11 is 0. The van der Waals surface area contributed by atoms with Crippen LogP contribution in [0.1, 0.15) is 27.8 Å². The summed E-state index contributed by atoms with van der Waals surface area (Å²) in [5.74, 6) is -0.621. The first-order valence-corrected chi connectivity index (χ1v) is 9.68. The van der Waals surface area contributed by atoms with Gasteiger partial charge in [0.25, 0.3) is 11.6 Å². The molecule has 0 saturated carbocycles. The van der Waals surface area contributed by atoms with Gasteiger partial charge in [0.2, 0.25) is 0 Å². The van der Waals surface area contributed by atoms with Crippen LogP contribution < -0.4 is 5.32 Å². The summed E-state index contributed by atoms with van der Waals surface area (Å²) in [6.07, 6.45) is 2.21. The van der Waals surface area contributed by atoms with Gasteiger partial charge in [-0.2, -0.15) is 5.26 Å². The Morgan fingerprint density at radius 1 is 1.06 bits per heavy atom. The van der Waals surface area contributed by atoms with E-state index in [0.29, 0.717) is 6.42 Å². The van der Waals surface area contributed by atoms with Gasteiger partial charge in [-0.3, -0.25) is 14.9 Å². The van der Waals surface area contributed by atoms with Crippen LogP contribution in [0.2, 0.25) is 0 Å². The van der Waals surface area contributed by atoms with Crippen LogP contribution in [0.4, 0.5) is 11.4 Å². The minimum absolute atomic E-state index is 0.0839. The topological polar surface area (TPSA) is 96.0 Å². The van der Waals surface area contributed by atoms with Gasteiger partial charge in [-0.15, -0.1) is 0 Å². The van der Waals surface area contributed by atoms with Crippen LogP contribution in [0, 0.1) is 35.3 Å². The molecule has 0 aliphatic rings. The Hall–Kier alpha value is -4.24. The second kappa shape index (κ2) is 9.51. The Balaban J connectivity index is 1.87. The maximum absolute atomic E-state index is 12.6. The number of aryl methyl sites for hydroxylation is 2. The van der Waals surface area contributed by atoms with E-state index in [9.17, 15) is 20.2 Å². The molecular weight excluding hydrogens is 390 g/mol. The van der Waals surface area contributed by atoms with Gasteiger partial charge in [-0.25, -0.2) is 0 Å². The van der Waals surface area contributed by atoms with Crippen molar-refractivity contribution in [2.75, 3.05) is 5.32 Å². The Bertz CT molecular complexity index is 1200. The first-order valence-electron chi connectivity index (χ1n) is 9.68. The van der Waals surface area contributed by atoms with E-state index < -0.39 is 10.8 Å². The Kier molecular flexibility index (Phi) is 6.58. The second-order valence-corrected chi connectivity index (χ2v) is 7.30. The summed E-state index contributed by atoms with van der Waals surface area (Å²) in [6.45, 7) is 4.10. The molecule has 1 N–H and O–H groups in total. The third-order valence-electron chi connectivity index (χ3n) is 4.71. The molecule has 0 radical (unpaired) electrons. The molecule has 0 spiro atoms. The summed E-state index contributed by atoms with van der Waals surface area (Å²) < 4.78 is 0. The highest BCUT2D eigenvalue weighted by Crippen LogP contribution is 2.21. The molecule has 3 aromatic rings. The first-order chi connectivity index (χ1) is 14.9. The van der Waals surface area contributed by atoms with E-state index in [0.717, 1.165) is 16.7 Å². The molecule has 3 aromatic carbocycles. The lowest BCUT2D eigenvalue weighted by molar-refractivity contribution is -0.384. The lowest BCUT2D eigenvalue weighted by Gasteiger charge is -2.09. The Labute approximate surface area is 180 Å². The molecule has 0 heterocycles. The second-order valence-electron chi connectivity index (χ2n) is 7.30.